The summed E-state index contributed by atoms with van der Waals surface area (Å²) < 4.78 is 5.23. The molecule has 1 aromatic heterocycles. The van der Waals surface area contributed by atoms with E-state index in [1.807, 2.05) is 31.2 Å². The number of carbonyl (C=O) groups excluding carboxylic acids is 3. The summed E-state index contributed by atoms with van der Waals surface area (Å²) in [6, 6.07) is 9.72. The zero-order valence-corrected chi connectivity index (χ0v) is 17.1. The van der Waals surface area contributed by atoms with Crippen molar-refractivity contribution in [1.82, 2.24) is 20.4 Å². The number of urea groups is 1. The first kappa shape index (κ1) is 19.8. The molecular weight excluding hydrogens is 384 g/mol. The van der Waals surface area contributed by atoms with Crippen LogP contribution in [-0.2, 0) is 16.1 Å². The van der Waals surface area contributed by atoms with E-state index in [1.54, 1.807) is 26.1 Å². The number of nitrogens with zero attached hydrogens (tertiary/aromatic N) is 2. The van der Waals surface area contributed by atoms with Gasteiger partial charge >= 0.3 is 6.03 Å². The van der Waals surface area contributed by atoms with E-state index in [-0.39, 0.29) is 30.9 Å². The SMILES string of the molecule is Cc1cccc([C@H]2NC(=O)N(C)C3=C2C(=O)N([C@H](C)C(=O)NCc2ccco2)C3)c1. The third-order valence-corrected chi connectivity index (χ3v) is 5.63. The maximum Gasteiger partial charge on any atom is 0.322 e. The van der Waals surface area contributed by atoms with E-state index in [0.717, 1.165) is 11.1 Å². The molecule has 1 aromatic carbocycles. The van der Waals surface area contributed by atoms with Gasteiger partial charge in [0.2, 0.25) is 5.91 Å². The first-order valence-electron chi connectivity index (χ1n) is 9.81. The van der Waals surface area contributed by atoms with Crippen LogP contribution in [0.5, 0.6) is 0 Å². The van der Waals surface area contributed by atoms with Crippen molar-refractivity contribution in [2.24, 2.45) is 0 Å². The van der Waals surface area contributed by atoms with Crippen molar-refractivity contribution in [3.63, 3.8) is 0 Å². The minimum absolute atomic E-state index is 0.204. The molecule has 0 saturated heterocycles. The molecule has 0 radical (unpaired) electrons. The summed E-state index contributed by atoms with van der Waals surface area (Å²) in [5.74, 6) is 0.104. The van der Waals surface area contributed by atoms with Gasteiger partial charge in [-0.05, 0) is 31.5 Å². The highest BCUT2D eigenvalue weighted by Gasteiger charge is 2.45. The number of amides is 4. The van der Waals surface area contributed by atoms with Crippen LogP contribution < -0.4 is 10.6 Å². The molecule has 8 heteroatoms. The minimum atomic E-state index is -0.695. The second kappa shape index (κ2) is 7.70. The van der Waals surface area contributed by atoms with E-state index in [2.05, 4.69) is 10.6 Å². The van der Waals surface area contributed by atoms with Crippen LogP contribution in [0.25, 0.3) is 0 Å². The van der Waals surface area contributed by atoms with Gasteiger partial charge in [-0.2, -0.15) is 0 Å². The van der Waals surface area contributed by atoms with Gasteiger partial charge in [0.25, 0.3) is 5.91 Å². The Morgan fingerprint density at radius 3 is 2.80 bits per heavy atom. The van der Waals surface area contributed by atoms with Crippen molar-refractivity contribution < 1.29 is 18.8 Å². The number of rotatable bonds is 5. The lowest BCUT2D eigenvalue weighted by atomic mass is 9.94. The highest BCUT2D eigenvalue weighted by molar-refractivity contribution is 6.03. The fourth-order valence-electron chi connectivity index (χ4n) is 3.88. The maximum atomic E-state index is 13.3. The Hall–Kier alpha value is -3.55. The van der Waals surface area contributed by atoms with Crippen LogP contribution in [0.2, 0.25) is 0 Å². The van der Waals surface area contributed by atoms with Crippen LogP contribution in [-0.4, -0.2) is 47.3 Å². The van der Waals surface area contributed by atoms with Gasteiger partial charge in [0.1, 0.15) is 11.8 Å². The van der Waals surface area contributed by atoms with Crippen LogP contribution >= 0.6 is 0 Å². The largest absolute Gasteiger partial charge is 0.467 e. The van der Waals surface area contributed by atoms with Gasteiger partial charge in [-0.1, -0.05) is 29.8 Å². The van der Waals surface area contributed by atoms with Gasteiger partial charge in [-0.25, -0.2) is 4.79 Å². The summed E-state index contributed by atoms with van der Waals surface area (Å²) >= 11 is 0. The Labute approximate surface area is 174 Å². The molecule has 0 saturated carbocycles. The van der Waals surface area contributed by atoms with Crippen molar-refractivity contribution in [3.8, 4) is 0 Å². The average molecular weight is 408 g/mol. The molecule has 30 heavy (non-hydrogen) atoms. The molecule has 2 aromatic rings. The lowest BCUT2D eigenvalue weighted by Crippen LogP contribution is -2.46. The standard InChI is InChI=1S/C22H24N4O4/c1-13-6-4-7-15(10-13)19-18-17(25(3)22(29)24-19)12-26(21(18)28)14(2)20(27)23-11-16-8-5-9-30-16/h4-10,14,19H,11-12H2,1-3H3,(H,23,27)(H,24,29)/t14-,19-/m1/s1. The molecule has 2 aliphatic rings. The third kappa shape index (κ3) is 3.45. The van der Waals surface area contributed by atoms with Gasteiger partial charge in [-0.15, -0.1) is 0 Å². The lowest BCUT2D eigenvalue weighted by Gasteiger charge is -2.31. The highest BCUT2D eigenvalue weighted by Crippen LogP contribution is 2.36. The summed E-state index contributed by atoms with van der Waals surface area (Å²) in [4.78, 5) is 41.5. The molecule has 2 atom stereocenters. The predicted octanol–water partition coefficient (Wildman–Crippen LogP) is 2.09. The van der Waals surface area contributed by atoms with Crippen molar-refractivity contribution >= 4 is 17.8 Å². The number of carbonyl (C=O) groups is 3. The van der Waals surface area contributed by atoms with Gasteiger partial charge in [0.05, 0.1) is 36.7 Å². The van der Waals surface area contributed by atoms with Crippen molar-refractivity contribution in [2.75, 3.05) is 13.6 Å². The molecule has 2 aliphatic heterocycles. The summed E-state index contributed by atoms with van der Waals surface area (Å²) in [7, 11) is 1.63. The van der Waals surface area contributed by atoms with E-state index in [9.17, 15) is 14.4 Å². The Bertz CT molecular complexity index is 1030. The van der Waals surface area contributed by atoms with Gasteiger partial charge in [0, 0.05) is 7.05 Å². The first-order valence-corrected chi connectivity index (χ1v) is 9.81. The van der Waals surface area contributed by atoms with Crippen LogP contribution in [0.4, 0.5) is 4.79 Å². The molecule has 0 bridgehead atoms. The molecule has 4 amide bonds. The van der Waals surface area contributed by atoms with Gasteiger partial charge < -0.3 is 20.0 Å². The Morgan fingerprint density at radius 2 is 2.10 bits per heavy atom. The average Bonchev–Trinajstić information content (AvgIpc) is 3.36. The molecule has 3 heterocycles. The van der Waals surface area contributed by atoms with Crippen molar-refractivity contribution in [3.05, 3.63) is 70.8 Å². The summed E-state index contributed by atoms with van der Waals surface area (Å²) in [6.45, 7) is 4.10. The fraction of sp³-hybridized carbons (Fsp3) is 0.318. The molecular formula is C22H24N4O4. The fourth-order valence-corrected chi connectivity index (χ4v) is 3.88. The minimum Gasteiger partial charge on any atom is -0.467 e. The predicted molar refractivity (Wildman–Crippen MR) is 109 cm³/mol. The molecule has 0 fully saturated rings. The summed E-state index contributed by atoms with van der Waals surface area (Å²) in [5, 5.41) is 5.71. The molecule has 8 nitrogen and oxygen atoms in total. The number of hydrogen-bond donors (Lipinski definition) is 2. The van der Waals surface area contributed by atoms with Crippen LogP contribution in [0.1, 0.15) is 29.9 Å². The molecule has 156 valence electrons. The first-order chi connectivity index (χ1) is 14.4. The van der Waals surface area contributed by atoms with Crippen molar-refractivity contribution in [2.45, 2.75) is 32.5 Å². The monoisotopic (exact) mass is 408 g/mol. The smallest absolute Gasteiger partial charge is 0.322 e. The van der Waals surface area contributed by atoms with Gasteiger partial charge in [0.15, 0.2) is 0 Å². The Morgan fingerprint density at radius 1 is 1.30 bits per heavy atom. The number of nitrogens with one attached hydrogen (secondary N) is 2. The Balaban J connectivity index is 1.56. The zero-order valence-electron chi connectivity index (χ0n) is 17.1. The third-order valence-electron chi connectivity index (χ3n) is 5.63. The summed E-state index contributed by atoms with van der Waals surface area (Å²) in [6.07, 6.45) is 1.54. The number of likely N-dealkylation sites (N-methyl/N-ethyl adjacent to an activating group) is 1. The zero-order chi connectivity index (χ0) is 21.4. The second-order valence-corrected chi connectivity index (χ2v) is 7.62. The molecule has 4 rings (SSSR count). The van der Waals surface area contributed by atoms with E-state index in [4.69, 9.17) is 4.42 Å². The second-order valence-electron chi connectivity index (χ2n) is 7.62. The number of aryl methyl sites for hydroxylation is 1. The summed E-state index contributed by atoms with van der Waals surface area (Å²) in [5.41, 5.74) is 3.01. The van der Waals surface area contributed by atoms with Crippen LogP contribution in [0.3, 0.4) is 0 Å². The van der Waals surface area contributed by atoms with E-state index < -0.39 is 12.1 Å². The molecule has 0 unspecified atom stereocenters. The lowest BCUT2D eigenvalue weighted by molar-refractivity contribution is -0.135. The van der Waals surface area contributed by atoms with Crippen molar-refractivity contribution in [1.29, 1.82) is 0 Å². The number of furan rings is 1. The van der Waals surface area contributed by atoms with E-state index >= 15 is 0 Å². The van der Waals surface area contributed by atoms with E-state index in [0.29, 0.717) is 17.0 Å². The van der Waals surface area contributed by atoms with Crippen LogP contribution in [0, 0.1) is 6.92 Å². The number of hydrogen-bond acceptors (Lipinski definition) is 4. The molecule has 0 aliphatic carbocycles. The quantitative estimate of drug-likeness (QED) is 0.792. The molecule has 2 N–H and O–H groups in total. The highest BCUT2D eigenvalue weighted by atomic mass is 16.3. The topological polar surface area (TPSA) is 94.9 Å². The normalized spacial score (nSPS) is 19.6. The Kier molecular flexibility index (Phi) is 5.07. The number of benzene rings is 1. The molecule has 0 spiro atoms. The van der Waals surface area contributed by atoms with Gasteiger partial charge in [-0.3, -0.25) is 14.5 Å². The maximum absolute atomic E-state index is 13.3. The van der Waals surface area contributed by atoms with Crippen LogP contribution in [0.15, 0.2) is 58.3 Å². The van der Waals surface area contributed by atoms with E-state index in [1.165, 1.54) is 16.1 Å².